The Morgan fingerprint density at radius 2 is 2.30 bits per heavy atom. The molecular formula is C16H23BrN2O. The van der Waals surface area contributed by atoms with E-state index in [4.69, 9.17) is 5.73 Å². The zero-order valence-electron chi connectivity index (χ0n) is 12.0. The molecule has 1 aliphatic heterocycles. The minimum absolute atomic E-state index is 0.230. The summed E-state index contributed by atoms with van der Waals surface area (Å²) in [5, 5.41) is 0. The third kappa shape index (κ3) is 4.06. The van der Waals surface area contributed by atoms with E-state index in [2.05, 4.69) is 35.0 Å². The van der Waals surface area contributed by atoms with Crippen LogP contribution in [0.2, 0.25) is 0 Å². The number of rotatable bonds is 4. The van der Waals surface area contributed by atoms with E-state index in [1.807, 2.05) is 17.0 Å². The molecule has 3 nitrogen and oxygen atoms in total. The second kappa shape index (κ2) is 7.23. The van der Waals surface area contributed by atoms with Gasteiger partial charge in [0, 0.05) is 30.0 Å². The van der Waals surface area contributed by atoms with E-state index in [0.29, 0.717) is 18.9 Å². The third-order valence-corrected chi connectivity index (χ3v) is 4.58. The molecule has 2 atom stereocenters. The Morgan fingerprint density at radius 1 is 1.50 bits per heavy atom. The molecule has 1 aromatic rings. The molecule has 110 valence electrons. The van der Waals surface area contributed by atoms with E-state index in [9.17, 15) is 4.79 Å². The van der Waals surface area contributed by atoms with E-state index in [1.54, 1.807) is 0 Å². The van der Waals surface area contributed by atoms with Crippen LogP contribution in [0, 0.1) is 5.92 Å². The van der Waals surface area contributed by atoms with Crippen molar-refractivity contribution in [3.05, 3.63) is 34.3 Å². The molecule has 2 N–H and O–H groups in total. The zero-order chi connectivity index (χ0) is 14.5. The summed E-state index contributed by atoms with van der Waals surface area (Å²) >= 11 is 3.46. The summed E-state index contributed by atoms with van der Waals surface area (Å²) in [5.41, 5.74) is 7.02. The standard InChI is InChI=1S/C16H23BrN2O/c1-12-7-8-19(15(9-12)11-18)16(20)6-5-13-3-2-4-14(17)10-13/h2-4,10,12,15H,5-9,11,18H2,1H3. The number of halogens is 1. The number of benzene rings is 1. The van der Waals surface area contributed by atoms with Crippen LogP contribution in [0.25, 0.3) is 0 Å². The van der Waals surface area contributed by atoms with Gasteiger partial charge in [-0.05, 0) is 42.9 Å². The molecule has 4 heteroatoms. The minimum atomic E-state index is 0.230. The lowest BCUT2D eigenvalue weighted by Crippen LogP contribution is -2.49. The third-order valence-electron chi connectivity index (χ3n) is 4.09. The number of hydrogen-bond acceptors (Lipinski definition) is 2. The van der Waals surface area contributed by atoms with Crippen LogP contribution in [0.4, 0.5) is 0 Å². The highest BCUT2D eigenvalue weighted by molar-refractivity contribution is 9.10. The molecule has 20 heavy (non-hydrogen) atoms. The fraction of sp³-hybridized carbons (Fsp3) is 0.562. The molecule has 1 aliphatic rings. The van der Waals surface area contributed by atoms with Crippen LogP contribution in [-0.2, 0) is 11.2 Å². The number of hydrogen-bond donors (Lipinski definition) is 1. The molecule has 1 heterocycles. The largest absolute Gasteiger partial charge is 0.338 e. The summed E-state index contributed by atoms with van der Waals surface area (Å²) < 4.78 is 1.06. The number of amides is 1. The summed E-state index contributed by atoms with van der Waals surface area (Å²) in [4.78, 5) is 14.4. The van der Waals surface area contributed by atoms with Gasteiger partial charge in [0.15, 0.2) is 0 Å². The quantitative estimate of drug-likeness (QED) is 0.917. The van der Waals surface area contributed by atoms with Crippen LogP contribution < -0.4 is 5.73 Å². The average Bonchev–Trinajstić information content (AvgIpc) is 2.44. The number of piperidine rings is 1. The molecule has 1 amide bonds. The normalized spacial score (nSPS) is 22.9. The molecule has 1 saturated heterocycles. The number of nitrogens with zero attached hydrogens (tertiary/aromatic N) is 1. The summed E-state index contributed by atoms with van der Waals surface area (Å²) in [6.07, 6.45) is 3.50. The highest BCUT2D eigenvalue weighted by atomic mass is 79.9. The summed E-state index contributed by atoms with van der Waals surface area (Å²) in [6.45, 7) is 3.68. The van der Waals surface area contributed by atoms with Crippen molar-refractivity contribution in [2.75, 3.05) is 13.1 Å². The van der Waals surface area contributed by atoms with Gasteiger partial charge in [-0.2, -0.15) is 0 Å². The lowest BCUT2D eigenvalue weighted by Gasteiger charge is -2.38. The topological polar surface area (TPSA) is 46.3 Å². The van der Waals surface area contributed by atoms with Gasteiger partial charge >= 0.3 is 0 Å². The molecule has 0 bridgehead atoms. The first-order valence-corrected chi connectivity index (χ1v) is 8.13. The monoisotopic (exact) mass is 338 g/mol. The number of carbonyl (C=O) groups excluding carboxylic acids is 1. The van der Waals surface area contributed by atoms with Gasteiger partial charge in [-0.15, -0.1) is 0 Å². The number of likely N-dealkylation sites (tertiary alicyclic amines) is 1. The Bertz CT molecular complexity index is 464. The van der Waals surface area contributed by atoms with Gasteiger partial charge in [-0.1, -0.05) is 35.0 Å². The molecule has 0 radical (unpaired) electrons. The van der Waals surface area contributed by atoms with Gasteiger partial charge in [0.1, 0.15) is 0 Å². The smallest absolute Gasteiger partial charge is 0.223 e. The van der Waals surface area contributed by atoms with Crippen molar-refractivity contribution >= 4 is 21.8 Å². The van der Waals surface area contributed by atoms with Crippen LogP contribution in [-0.4, -0.2) is 29.9 Å². The Kier molecular flexibility index (Phi) is 5.61. The Balaban J connectivity index is 1.91. The van der Waals surface area contributed by atoms with Gasteiger partial charge in [-0.3, -0.25) is 4.79 Å². The van der Waals surface area contributed by atoms with Gasteiger partial charge in [0.25, 0.3) is 0 Å². The molecule has 1 fully saturated rings. The SMILES string of the molecule is CC1CCN(C(=O)CCc2cccc(Br)c2)C(CN)C1. The predicted molar refractivity (Wildman–Crippen MR) is 85.4 cm³/mol. The van der Waals surface area contributed by atoms with Crippen molar-refractivity contribution in [3.63, 3.8) is 0 Å². The van der Waals surface area contributed by atoms with Gasteiger partial charge in [0.2, 0.25) is 5.91 Å². The average molecular weight is 339 g/mol. The van der Waals surface area contributed by atoms with Crippen LogP contribution >= 0.6 is 15.9 Å². The summed E-state index contributed by atoms with van der Waals surface area (Å²) in [7, 11) is 0. The minimum Gasteiger partial charge on any atom is -0.338 e. The van der Waals surface area contributed by atoms with Crippen LogP contribution in [0.1, 0.15) is 31.7 Å². The Morgan fingerprint density at radius 3 is 3.00 bits per heavy atom. The number of nitrogens with two attached hydrogens (primary N) is 1. The zero-order valence-corrected chi connectivity index (χ0v) is 13.6. The first kappa shape index (κ1) is 15.5. The molecule has 2 unspecified atom stereocenters. The van der Waals surface area contributed by atoms with Crippen molar-refractivity contribution in [1.82, 2.24) is 4.90 Å². The van der Waals surface area contributed by atoms with Crippen LogP contribution in [0.5, 0.6) is 0 Å². The van der Waals surface area contributed by atoms with Crippen molar-refractivity contribution < 1.29 is 4.79 Å². The Labute approximate surface area is 129 Å². The van der Waals surface area contributed by atoms with E-state index in [0.717, 1.165) is 30.3 Å². The summed E-state index contributed by atoms with van der Waals surface area (Å²) in [6, 6.07) is 8.38. The van der Waals surface area contributed by atoms with E-state index >= 15 is 0 Å². The molecule has 0 saturated carbocycles. The molecule has 0 spiro atoms. The first-order valence-electron chi connectivity index (χ1n) is 7.34. The highest BCUT2D eigenvalue weighted by Crippen LogP contribution is 2.23. The maximum Gasteiger partial charge on any atom is 0.223 e. The molecule has 0 aliphatic carbocycles. The van der Waals surface area contributed by atoms with Crippen LogP contribution in [0.3, 0.4) is 0 Å². The number of aryl methyl sites for hydroxylation is 1. The summed E-state index contributed by atoms with van der Waals surface area (Å²) in [5.74, 6) is 0.921. The fourth-order valence-corrected chi connectivity index (χ4v) is 3.34. The molecular weight excluding hydrogens is 316 g/mol. The second-order valence-corrected chi connectivity index (χ2v) is 6.65. The van der Waals surface area contributed by atoms with Gasteiger partial charge < -0.3 is 10.6 Å². The lowest BCUT2D eigenvalue weighted by molar-refractivity contribution is -0.135. The van der Waals surface area contributed by atoms with Gasteiger partial charge in [0.05, 0.1) is 0 Å². The van der Waals surface area contributed by atoms with Crippen molar-refractivity contribution in [1.29, 1.82) is 0 Å². The first-order chi connectivity index (χ1) is 9.60. The molecule has 1 aromatic carbocycles. The maximum atomic E-state index is 12.4. The molecule has 2 rings (SSSR count). The van der Waals surface area contributed by atoms with Crippen molar-refractivity contribution in [3.8, 4) is 0 Å². The van der Waals surface area contributed by atoms with Crippen molar-refractivity contribution in [2.24, 2.45) is 11.7 Å². The second-order valence-electron chi connectivity index (χ2n) is 5.74. The maximum absolute atomic E-state index is 12.4. The van der Waals surface area contributed by atoms with Gasteiger partial charge in [-0.25, -0.2) is 0 Å². The fourth-order valence-electron chi connectivity index (χ4n) is 2.89. The Hall–Kier alpha value is -0.870. The number of carbonyl (C=O) groups is 1. The van der Waals surface area contributed by atoms with Crippen LogP contribution in [0.15, 0.2) is 28.7 Å². The van der Waals surface area contributed by atoms with E-state index < -0.39 is 0 Å². The van der Waals surface area contributed by atoms with Crippen molar-refractivity contribution in [2.45, 2.75) is 38.6 Å². The molecule has 0 aromatic heterocycles. The van der Waals surface area contributed by atoms with E-state index in [-0.39, 0.29) is 11.9 Å². The van der Waals surface area contributed by atoms with E-state index in [1.165, 1.54) is 5.56 Å². The lowest BCUT2D eigenvalue weighted by atomic mass is 9.92. The highest BCUT2D eigenvalue weighted by Gasteiger charge is 2.28. The predicted octanol–water partition coefficient (Wildman–Crippen LogP) is 2.97.